The predicted octanol–water partition coefficient (Wildman–Crippen LogP) is 5.51. The Hall–Kier alpha value is -3.53. The molecule has 0 aliphatic carbocycles. The Morgan fingerprint density at radius 3 is 1.97 bits per heavy atom. The first kappa shape index (κ1) is 21.2. The molecule has 0 aliphatic heterocycles. The van der Waals surface area contributed by atoms with Crippen molar-refractivity contribution in [3.8, 4) is 11.5 Å². The molecule has 0 spiro atoms. The van der Waals surface area contributed by atoms with Gasteiger partial charge in [0.2, 0.25) is 0 Å². The Kier molecular flexibility index (Phi) is 7.28. The zero-order chi connectivity index (χ0) is 21.3. The fraction of sp³-hybridized carbons (Fsp3) is 0.192. The monoisotopic (exact) mass is 401 g/mol. The van der Waals surface area contributed by atoms with Gasteiger partial charge in [0.25, 0.3) is 5.91 Å². The van der Waals surface area contributed by atoms with E-state index in [9.17, 15) is 4.79 Å². The number of carbonyl (C=O) groups excluding carboxylic acids is 1. The van der Waals surface area contributed by atoms with Crippen molar-refractivity contribution in [1.82, 2.24) is 5.32 Å². The van der Waals surface area contributed by atoms with Crippen LogP contribution in [0.5, 0.6) is 11.5 Å². The zero-order valence-electron chi connectivity index (χ0n) is 17.6. The van der Waals surface area contributed by atoms with Crippen LogP contribution < -0.4 is 14.8 Å². The average molecular weight is 402 g/mol. The minimum atomic E-state index is -0.111. The number of methoxy groups -OCH3 is 2. The number of hydrogen-bond acceptors (Lipinski definition) is 3. The summed E-state index contributed by atoms with van der Waals surface area (Å²) in [4.78, 5) is 13.3. The van der Waals surface area contributed by atoms with Crippen molar-refractivity contribution < 1.29 is 14.3 Å². The van der Waals surface area contributed by atoms with Crippen LogP contribution >= 0.6 is 0 Å². The second-order valence-corrected chi connectivity index (χ2v) is 6.90. The molecule has 0 fully saturated rings. The smallest absolute Gasteiger partial charge is 0.252 e. The Balaban J connectivity index is 1.89. The van der Waals surface area contributed by atoms with Gasteiger partial charge < -0.3 is 14.8 Å². The fourth-order valence-electron chi connectivity index (χ4n) is 3.26. The van der Waals surface area contributed by atoms with Crippen LogP contribution in [0.4, 0.5) is 0 Å². The molecule has 0 saturated heterocycles. The summed E-state index contributed by atoms with van der Waals surface area (Å²) in [6.07, 6.45) is 2.69. The Bertz CT molecular complexity index is 977. The van der Waals surface area contributed by atoms with Gasteiger partial charge in [0.1, 0.15) is 11.5 Å². The summed E-state index contributed by atoms with van der Waals surface area (Å²) in [5.41, 5.74) is 3.47. The molecule has 0 heterocycles. The number of hydrogen-bond donors (Lipinski definition) is 1. The number of rotatable bonds is 8. The normalized spacial score (nSPS) is 12.2. The van der Waals surface area contributed by atoms with Crippen LogP contribution in [0.3, 0.4) is 0 Å². The Labute approximate surface area is 178 Å². The van der Waals surface area contributed by atoms with E-state index < -0.39 is 0 Å². The van der Waals surface area contributed by atoms with Crippen molar-refractivity contribution in [3.05, 3.63) is 95.6 Å². The molecule has 1 N–H and O–H groups in total. The summed E-state index contributed by atoms with van der Waals surface area (Å²) in [5, 5.41) is 3.19. The Morgan fingerprint density at radius 1 is 0.867 bits per heavy atom. The number of carbonyl (C=O) groups is 1. The summed E-state index contributed by atoms with van der Waals surface area (Å²) < 4.78 is 10.5. The van der Waals surface area contributed by atoms with Crippen LogP contribution in [0, 0.1) is 0 Å². The van der Waals surface area contributed by atoms with E-state index in [-0.39, 0.29) is 11.9 Å². The maximum absolute atomic E-state index is 13.3. The van der Waals surface area contributed by atoms with E-state index in [0.717, 1.165) is 34.6 Å². The molecule has 0 unspecified atom stereocenters. The molecule has 3 aromatic carbocycles. The molecule has 1 amide bonds. The van der Waals surface area contributed by atoms with Gasteiger partial charge >= 0.3 is 0 Å². The second kappa shape index (κ2) is 10.3. The number of amides is 1. The fourth-order valence-corrected chi connectivity index (χ4v) is 3.26. The molecule has 30 heavy (non-hydrogen) atoms. The van der Waals surface area contributed by atoms with Crippen LogP contribution in [0.1, 0.15) is 36.1 Å². The van der Waals surface area contributed by atoms with E-state index in [1.165, 1.54) is 0 Å². The molecule has 0 aromatic heterocycles. The summed E-state index contributed by atoms with van der Waals surface area (Å²) in [5.74, 6) is 1.47. The van der Waals surface area contributed by atoms with Crippen molar-refractivity contribution in [3.63, 3.8) is 0 Å². The zero-order valence-corrected chi connectivity index (χ0v) is 17.6. The van der Waals surface area contributed by atoms with E-state index in [1.807, 2.05) is 84.9 Å². The largest absolute Gasteiger partial charge is 0.497 e. The number of ether oxygens (including phenoxy) is 2. The number of nitrogens with one attached hydrogen (secondary N) is 1. The van der Waals surface area contributed by atoms with Crippen molar-refractivity contribution in [2.45, 2.75) is 19.4 Å². The standard InChI is InChI=1S/C26H27NO3/c1-4-25(21-12-16-23(30-3)17-13-21)27-26(28)24(20-8-6-5-7-9-20)18-19-10-14-22(29-2)15-11-19/h5-18,25H,4H2,1-3H3,(H,27,28)/b24-18+/t25-/m1/s1. The maximum atomic E-state index is 13.3. The molecule has 154 valence electrons. The average Bonchev–Trinajstić information content (AvgIpc) is 2.82. The lowest BCUT2D eigenvalue weighted by molar-refractivity contribution is -0.116. The molecule has 0 radical (unpaired) electrons. The molecule has 0 bridgehead atoms. The van der Waals surface area contributed by atoms with E-state index in [0.29, 0.717) is 5.57 Å². The van der Waals surface area contributed by atoms with Crippen LogP contribution in [0.25, 0.3) is 11.6 Å². The summed E-state index contributed by atoms with van der Waals surface area (Å²) in [6, 6.07) is 25.1. The lowest BCUT2D eigenvalue weighted by atomic mass is 9.99. The first-order valence-electron chi connectivity index (χ1n) is 10.0. The molecular weight excluding hydrogens is 374 g/mol. The van der Waals surface area contributed by atoms with Gasteiger partial charge in [0.05, 0.1) is 20.3 Å². The van der Waals surface area contributed by atoms with Crippen molar-refractivity contribution in [2.24, 2.45) is 0 Å². The predicted molar refractivity (Wildman–Crippen MR) is 121 cm³/mol. The van der Waals surface area contributed by atoms with Crippen LogP contribution in [0.2, 0.25) is 0 Å². The van der Waals surface area contributed by atoms with Gasteiger partial charge in [-0.25, -0.2) is 0 Å². The van der Waals surface area contributed by atoms with E-state index >= 15 is 0 Å². The SMILES string of the molecule is CC[C@@H](NC(=O)/C(=C/c1ccc(OC)cc1)c1ccccc1)c1ccc(OC)cc1. The van der Waals surface area contributed by atoms with Gasteiger partial charge in [-0.05, 0) is 53.5 Å². The van der Waals surface area contributed by atoms with Gasteiger partial charge in [-0.3, -0.25) is 4.79 Å². The highest BCUT2D eigenvalue weighted by atomic mass is 16.5. The highest BCUT2D eigenvalue weighted by Gasteiger charge is 2.17. The summed E-state index contributed by atoms with van der Waals surface area (Å²) in [7, 11) is 3.28. The molecule has 3 rings (SSSR count). The van der Waals surface area contributed by atoms with E-state index in [2.05, 4.69) is 12.2 Å². The van der Waals surface area contributed by atoms with Gasteiger partial charge in [0.15, 0.2) is 0 Å². The van der Waals surface area contributed by atoms with Crippen molar-refractivity contribution >= 4 is 17.6 Å². The quantitative estimate of drug-likeness (QED) is 0.400. The van der Waals surface area contributed by atoms with Gasteiger partial charge in [-0.2, -0.15) is 0 Å². The minimum absolute atomic E-state index is 0.0913. The van der Waals surface area contributed by atoms with Gasteiger partial charge in [0, 0.05) is 5.57 Å². The van der Waals surface area contributed by atoms with Crippen molar-refractivity contribution in [1.29, 1.82) is 0 Å². The number of benzene rings is 3. The van der Waals surface area contributed by atoms with Crippen LogP contribution in [-0.2, 0) is 4.79 Å². The summed E-state index contributed by atoms with van der Waals surface area (Å²) >= 11 is 0. The molecule has 1 atom stereocenters. The first-order chi connectivity index (χ1) is 14.6. The maximum Gasteiger partial charge on any atom is 0.252 e. The lowest BCUT2D eigenvalue weighted by Gasteiger charge is -2.19. The van der Waals surface area contributed by atoms with Gasteiger partial charge in [-0.1, -0.05) is 61.5 Å². The molecule has 0 saturated carbocycles. The topological polar surface area (TPSA) is 47.6 Å². The lowest BCUT2D eigenvalue weighted by Crippen LogP contribution is -2.28. The van der Waals surface area contributed by atoms with Crippen molar-refractivity contribution in [2.75, 3.05) is 14.2 Å². The Morgan fingerprint density at radius 2 is 1.43 bits per heavy atom. The van der Waals surface area contributed by atoms with Crippen LogP contribution in [-0.4, -0.2) is 20.1 Å². The van der Waals surface area contributed by atoms with E-state index in [1.54, 1.807) is 14.2 Å². The highest BCUT2D eigenvalue weighted by Crippen LogP contribution is 2.24. The first-order valence-corrected chi connectivity index (χ1v) is 10.0. The van der Waals surface area contributed by atoms with Crippen LogP contribution in [0.15, 0.2) is 78.9 Å². The molecule has 3 aromatic rings. The molecular formula is C26H27NO3. The summed E-state index contributed by atoms with van der Waals surface area (Å²) in [6.45, 7) is 2.06. The third-order valence-corrected chi connectivity index (χ3v) is 4.99. The third kappa shape index (κ3) is 5.29. The molecule has 4 heteroatoms. The molecule has 0 aliphatic rings. The van der Waals surface area contributed by atoms with Gasteiger partial charge in [-0.15, -0.1) is 0 Å². The third-order valence-electron chi connectivity index (χ3n) is 4.99. The minimum Gasteiger partial charge on any atom is -0.497 e. The molecule has 4 nitrogen and oxygen atoms in total. The highest BCUT2D eigenvalue weighted by molar-refractivity contribution is 6.24. The van der Waals surface area contributed by atoms with E-state index in [4.69, 9.17) is 9.47 Å². The second-order valence-electron chi connectivity index (χ2n) is 6.90.